The lowest BCUT2D eigenvalue weighted by Crippen LogP contribution is -2.12. The predicted octanol–water partition coefficient (Wildman–Crippen LogP) is 4.89. The molecule has 0 saturated heterocycles. The van der Waals surface area contributed by atoms with Gasteiger partial charge in [0.05, 0.1) is 24.3 Å². The second-order valence-electron chi connectivity index (χ2n) is 5.58. The summed E-state index contributed by atoms with van der Waals surface area (Å²) in [6, 6.07) is 16.7. The zero-order valence-electron chi connectivity index (χ0n) is 15.0. The summed E-state index contributed by atoms with van der Waals surface area (Å²) in [7, 11) is 1.58. The van der Waals surface area contributed by atoms with Crippen molar-refractivity contribution in [1.82, 2.24) is 0 Å². The van der Waals surface area contributed by atoms with Crippen LogP contribution in [0, 0.1) is 0 Å². The summed E-state index contributed by atoms with van der Waals surface area (Å²) in [5.74, 6) is -0.0599. The van der Waals surface area contributed by atoms with Gasteiger partial charge in [0.1, 0.15) is 22.1 Å². The van der Waals surface area contributed by atoms with Crippen LogP contribution in [0.4, 0.5) is 5.69 Å². The van der Waals surface area contributed by atoms with Crippen molar-refractivity contribution < 1.29 is 19.4 Å². The first kappa shape index (κ1) is 18.8. The number of aliphatic imine (C=N–C) groups is 1. The Kier molecular flexibility index (Phi) is 5.98. The number of ether oxygens (including phenoxy) is 2. The summed E-state index contributed by atoms with van der Waals surface area (Å²) in [4.78, 5) is 17.5. The van der Waals surface area contributed by atoms with Crippen LogP contribution in [0.25, 0.3) is 6.08 Å². The molecular formula is C21H19NO4S. The van der Waals surface area contributed by atoms with E-state index in [-0.39, 0.29) is 17.9 Å². The zero-order valence-corrected chi connectivity index (χ0v) is 15.8. The minimum absolute atomic E-state index is 0.0758. The lowest BCUT2D eigenvalue weighted by molar-refractivity contribution is -0.138. The van der Waals surface area contributed by atoms with Gasteiger partial charge >= 0.3 is 5.97 Å². The molecular weight excluding hydrogens is 362 g/mol. The molecule has 0 saturated carbocycles. The van der Waals surface area contributed by atoms with E-state index in [0.717, 1.165) is 5.56 Å². The quantitative estimate of drug-likeness (QED) is 0.747. The molecule has 0 unspecified atom stereocenters. The Balaban J connectivity index is 2.03. The van der Waals surface area contributed by atoms with E-state index in [1.165, 1.54) is 11.8 Å². The molecule has 5 nitrogen and oxygen atoms in total. The summed E-state index contributed by atoms with van der Waals surface area (Å²) in [5.41, 5.74) is 1.61. The van der Waals surface area contributed by atoms with E-state index >= 15 is 0 Å². The largest absolute Gasteiger partial charge is 0.506 e. The Labute approximate surface area is 162 Å². The lowest BCUT2D eigenvalue weighted by atomic mass is 10.1. The molecule has 0 atom stereocenters. The van der Waals surface area contributed by atoms with Crippen LogP contribution in [-0.4, -0.2) is 29.8 Å². The van der Waals surface area contributed by atoms with Gasteiger partial charge in [0.2, 0.25) is 0 Å². The van der Waals surface area contributed by atoms with Gasteiger partial charge < -0.3 is 14.6 Å². The fourth-order valence-electron chi connectivity index (χ4n) is 2.49. The van der Waals surface area contributed by atoms with Crippen LogP contribution in [0.5, 0.6) is 5.75 Å². The predicted molar refractivity (Wildman–Crippen MR) is 108 cm³/mol. The maximum Gasteiger partial charge on any atom is 0.344 e. The number of benzene rings is 2. The third kappa shape index (κ3) is 4.41. The van der Waals surface area contributed by atoms with E-state index in [0.29, 0.717) is 21.4 Å². The number of methoxy groups -OCH3 is 1. The normalized spacial score (nSPS) is 16.8. The molecule has 1 N–H and O–H groups in total. The number of rotatable bonds is 5. The van der Waals surface area contributed by atoms with Crippen molar-refractivity contribution in [3.63, 3.8) is 0 Å². The Morgan fingerprint density at radius 2 is 1.96 bits per heavy atom. The van der Waals surface area contributed by atoms with Crippen LogP contribution in [-0.2, 0) is 9.53 Å². The Hall–Kier alpha value is -2.99. The second-order valence-corrected chi connectivity index (χ2v) is 6.61. The molecule has 1 heterocycles. The smallest absolute Gasteiger partial charge is 0.344 e. The average molecular weight is 381 g/mol. The Morgan fingerprint density at radius 1 is 1.19 bits per heavy atom. The molecule has 0 bridgehead atoms. The molecule has 0 fully saturated rings. The molecule has 3 rings (SSSR count). The number of hydrogen-bond acceptors (Lipinski definition) is 6. The van der Waals surface area contributed by atoms with E-state index < -0.39 is 5.97 Å². The van der Waals surface area contributed by atoms with Gasteiger partial charge in [0.15, 0.2) is 0 Å². The van der Waals surface area contributed by atoms with Gasteiger partial charge in [-0.1, -0.05) is 48.2 Å². The first-order valence-electron chi connectivity index (χ1n) is 8.40. The van der Waals surface area contributed by atoms with Crippen LogP contribution in [0.1, 0.15) is 12.5 Å². The van der Waals surface area contributed by atoms with E-state index in [9.17, 15) is 9.90 Å². The minimum atomic E-state index is -0.597. The van der Waals surface area contributed by atoms with E-state index in [1.807, 2.05) is 48.5 Å². The number of hydrogen-bond donors (Lipinski definition) is 1. The second kappa shape index (κ2) is 8.60. The summed E-state index contributed by atoms with van der Waals surface area (Å²) in [6.45, 7) is 1.93. The highest BCUT2D eigenvalue weighted by Crippen LogP contribution is 2.40. The van der Waals surface area contributed by atoms with Crippen molar-refractivity contribution in [1.29, 1.82) is 0 Å². The van der Waals surface area contributed by atoms with Crippen molar-refractivity contribution in [2.24, 2.45) is 4.99 Å². The van der Waals surface area contributed by atoms with Crippen LogP contribution < -0.4 is 4.74 Å². The fourth-order valence-corrected chi connectivity index (χ4v) is 3.52. The molecule has 0 aliphatic carbocycles. The van der Waals surface area contributed by atoms with Crippen molar-refractivity contribution >= 4 is 34.5 Å². The average Bonchev–Trinajstić information content (AvgIpc) is 2.98. The van der Waals surface area contributed by atoms with Crippen LogP contribution >= 0.6 is 11.8 Å². The molecule has 0 radical (unpaired) electrons. The molecule has 2 aromatic rings. The van der Waals surface area contributed by atoms with Crippen molar-refractivity contribution in [2.45, 2.75) is 6.92 Å². The molecule has 0 spiro atoms. The maximum absolute atomic E-state index is 12.4. The fraction of sp³-hybridized carbons (Fsp3) is 0.143. The van der Waals surface area contributed by atoms with Gasteiger partial charge in [-0.25, -0.2) is 9.79 Å². The summed E-state index contributed by atoms with van der Waals surface area (Å²) >= 11 is 1.23. The van der Waals surface area contributed by atoms with Crippen LogP contribution in [0.15, 0.2) is 75.8 Å². The summed E-state index contributed by atoms with van der Waals surface area (Å²) < 4.78 is 10.3. The van der Waals surface area contributed by atoms with E-state index in [2.05, 4.69) is 4.99 Å². The molecule has 0 amide bonds. The lowest BCUT2D eigenvalue weighted by Gasteiger charge is -2.04. The molecule has 1 aliphatic heterocycles. The molecule has 1 aliphatic rings. The highest BCUT2D eigenvalue weighted by molar-refractivity contribution is 8.18. The Morgan fingerprint density at radius 3 is 2.67 bits per heavy atom. The topological polar surface area (TPSA) is 68.1 Å². The number of carbonyl (C=O) groups is 1. The number of nitrogens with zero attached hydrogens (tertiary/aromatic N) is 1. The standard InChI is InChI=1S/C21H19NO4S/c1-3-26-21(24)18-19(23)17(12-14-8-5-4-6-9-14)27-20(18)22-15-10-7-11-16(13-15)25-2/h4-13,23H,3H2,1-2H3/b17-12+,22-20?. The molecule has 27 heavy (non-hydrogen) atoms. The third-order valence-corrected chi connectivity index (χ3v) is 4.77. The van der Waals surface area contributed by atoms with E-state index in [1.54, 1.807) is 26.2 Å². The van der Waals surface area contributed by atoms with Gasteiger partial charge in [0.25, 0.3) is 0 Å². The molecule has 6 heteroatoms. The molecule has 0 aromatic heterocycles. The number of carbonyl (C=O) groups excluding carboxylic acids is 1. The number of thioether (sulfide) groups is 1. The minimum Gasteiger partial charge on any atom is -0.506 e. The van der Waals surface area contributed by atoms with Gasteiger partial charge in [-0.2, -0.15) is 0 Å². The van der Waals surface area contributed by atoms with Gasteiger partial charge in [-0.3, -0.25) is 0 Å². The number of esters is 1. The highest BCUT2D eigenvalue weighted by Gasteiger charge is 2.33. The molecule has 2 aromatic carbocycles. The number of aliphatic hydroxyl groups is 1. The van der Waals surface area contributed by atoms with Gasteiger partial charge in [-0.05, 0) is 30.7 Å². The monoisotopic (exact) mass is 381 g/mol. The third-order valence-electron chi connectivity index (χ3n) is 3.75. The Bertz CT molecular complexity index is 932. The van der Waals surface area contributed by atoms with E-state index in [4.69, 9.17) is 9.47 Å². The van der Waals surface area contributed by atoms with Crippen molar-refractivity contribution in [2.75, 3.05) is 13.7 Å². The van der Waals surface area contributed by atoms with Crippen LogP contribution in [0.3, 0.4) is 0 Å². The van der Waals surface area contributed by atoms with Crippen molar-refractivity contribution in [3.8, 4) is 5.75 Å². The maximum atomic E-state index is 12.4. The number of aliphatic hydroxyl groups excluding tert-OH is 1. The summed E-state index contributed by atoms with van der Waals surface area (Å²) in [6.07, 6.45) is 1.81. The molecule has 138 valence electrons. The van der Waals surface area contributed by atoms with Crippen LogP contribution in [0.2, 0.25) is 0 Å². The van der Waals surface area contributed by atoms with Crippen molar-refractivity contribution in [3.05, 3.63) is 76.4 Å². The highest BCUT2D eigenvalue weighted by atomic mass is 32.2. The van der Waals surface area contributed by atoms with Gasteiger partial charge in [-0.15, -0.1) is 0 Å². The first-order chi connectivity index (χ1) is 13.1. The SMILES string of the molecule is CCOC(=O)C1=C(O)/C(=C\c2ccccc2)SC1=Nc1cccc(OC)c1. The summed E-state index contributed by atoms with van der Waals surface area (Å²) in [5, 5.41) is 11.0. The zero-order chi connectivity index (χ0) is 19.2. The first-order valence-corrected chi connectivity index (χ1v) is 9.22. The van der Waals surface area contributed by atoms with Gasteiger partial charge in [0, 0.05) is 6.07 Å².